The molecule has 0 fully saturated rings. The van der Waals surface area contributed by atoms with Crippen molar-refractivity contribution in [1.82, 2.24) is 0 Å². The number of furan rings is 1. The molecule has 0 saturated carbocycles. The molecule has 2 aromatic carbocycles. The second-order valence-corrected chi connectivity index (χ2v) is 5.58. The summed E-state index contributed by atoms with van der Waals surface area (Å²) in [5.41, 5.74) is 2.09. The maximum absolute atomic E-state index is 12.7. The summed E-state index contributed by atoms with van der Waals surface area (Å²) in [5, 5.41) is 4.17. The van der Waals surface area contributed by atoms with Crippen LogP contribution >= 0.6 is 15.9 Å². The van der Waals surface area contributed by atoms with Crippen molar-refractivity contribution >= 4 is 38.4 Å². The molecule has 0 radical (unpaired) electrons. The number of hydrogen-bond donors (Lipinski definition) is 1. The molecule has 1 N–H and O–H groups in total. The van der Waals surface area contributed by atoms with Crippen LogP contribution in [0.1, 0.15) is 23.0 Å². The standard InChI is InChI=1S/C17H14BrNO2/c1-2-19-15-13-5-3-4-6-14(13)21-17(15)16(20)11-7-9-12(18)10-8-11/h3-10,19H,2H2,1H3. The van der Waals surface area contributed by atoms with Crippen molar-refractivity contribution in [2.24, 2.45) is 0 Å². The number of nitrogens with one attached hydrogen (secondary N) is 1. The lowest BCUT2D eigenvalue weighted by Crippen LogP contribution is -2.05. The van der Waals surface area contributed by atoms with E-state index in [4.69, 9.17) is 4.42 Å². The molecule has 0 unspecified atom stereocenters. The van der Waals surface area contributed by atoms with Gasteiger partial charge in [0.25, 0.3) is 0 Å². The number of carbonyl (C=O) groups is 1. The molecule has 0 atom stereocenters. The third-order valence-corrected chi connectivity index (χ3v) is 3.79. The first-order chi connectivity index (χ1) is 10.2. The summed E-state index contributed by atoms with van der Waals surface area (Å²) in [4.78, 5) is 12.7. The van der Waals surface area contributed by atoms with Crippen molar-refractivity contribution in [3.05, 3.63) is 64.3 Å². The molecule has 0 aliphatic carbocycles. The minimum absolute atomic E-state index is 0.116. The second-order valence-electron chi connectivity index (χ2n) is 4.67. The lowest BCUT2D eigenvalue weighted by molar-refractivity contribution is 0.101. The third kappa shape index (κ3) is 2.59. The number of para-hydroxylation sites is 1. The van der Waals surface area contributed by atoms with Crippen LogP contribution in [0.5, 0.6) is 0 Å². The van der Waals surface area contributed by atoms with E-state index in [1.54, 1.807) is 12.1 Å². The fourth-order valence-corrected chi connectivity index (χ4v) is 2.55. The molecule has 3 aromatic rings. The van der Waals surface area contributed by atoms with Crippen molar-refractivity contribution in [3.63, 3.8) is 0 Å². The lowest BCUT2D eigenvalue weighted by atomic mass is 10.1. The largest absolute Gasteiger partial charge is 0.450 e. The Balaban J connectivity index is 2.12. The highest BCUT2D eigenvalue weighted by molar-refractivity contribution is 9.10. The van der Waals surface area contributed by atoms with Crippen LogP contribution in [-0.4, -0.2) is 12.3 Å². The van der Waals surface area contributed by atoms with Gasteiger partial charge in [-0.3, -0.25) is 4.79 Å². The minimum atomic E-state index is -0.116. The van der Waals surface area contributed by atoms with Gasteiger partial charge in [-0.15, -0.1) is 0 Å². The maximum Gasteiger partial charge on any atom is 0.230 e. The van der Waals surface area contributed by atoms with Crippen molar-refractivity contribution in [3.8, 4) is 0 Å². The van der Waals surface area contributed by atoms with Crippen LogP contribution in [0.2, 0.25) is 0 Å². The monoisotopic (exact) mass is 343 g/mol. The predicted octanol–water partition coefficient (Wildman–Crippen LogP) is 4.86. The number of fused-ring (bicyclic) bond motifs is 1. The van der Waals surface area contributed by atoms with Gasteiger partial charge in [0, 0.05) is 22.0 Å². The van der Waals surface area contributed by atoms with E-state index in [1.165, 1.54) is 0 Å². The highest BCUT2D eigenvalue weighted by Crippen LogP contribution is 2.32. The minimum Gasteiger partial charge on any atom is -0.450 e. The molecule has 1 heterocycles. The van der Waals surface area contributed by atoms with Gasteiger partial charge in [0.15, 0.2) is 5.76 Å². The van der Waals surface area contributed by atoms with E-state index < -0.39 is 0 Å². The zero-order valence-corrected chi connectivity index (χ0v) is 13.1. The Hall–Kier alpha value is -2.07. The quantitative estimate of drug-likeness (QED) is 0.688. The Morgan fingerprint density at radius 3 is 2.57 bits per heavy atom. The molecular formula is C17H14BrNO2. The Bertz CT molecular complexity index is 790. The van der Waals surface area contributed by atoms with Gasteiger partial charge in [-0.2, -0.15) is 0 Å². The van der Waals surface area contributed by atoms with Gasteiger partial charge in [-0.05, 0) is 43.3 Å². The van der Waals surface area contributed by atoms with E-state index in [-0.39, 0.29) is 5.78 Å². The number of halogens is 1. The Labute approximate surface area is 131 Å². The number of anilines is 1. The Kier molecular flexibility index (Phi) is 3.80. The van der Waals surface area contributed by atoms with E-state index in [1.807, 2.05) is 43.3 Å². The van der Waals surface area contributed by atoms with Crippen LogP contribution in [0, 0.1) is 0 Å². The number of hydrogen-bond acceptors (Lipinski definition) is 3. The second kappa shape index (κ2) is 5.74. The summed E-state index contributed by atoms with van der Waals surface area (Å²) >= 11 is 3.37. The number of benzene rings is 2. The molecule has 21 heavy (non-hydrogen) atoms. The average molecular weight is 344 g/mol. The van der Waals surface area contributed by atoms with Gasteiger partial charge in [0.2, 0.25) is 5.78 Å². The molecule has 3 nitrogen and oxygen atoms in total. The summed E-state index contributed by atoms with van der Waals surface area (Å²) in [6.45, 7) is 2.72. The zero-order valence-electron chi connectivity index (χ0n) is 11.5. The molecular weight excluding hydrogens is 330 g/mol. The molecule has 106 valence electrons. The summed E-state index contributed by atoms with van der Waals surface area (Å²) < 4.78 is 6.71. The van der Waals surface area contributed by atoms with Gasteiger partial charge < -0.3 is 9.73 Å². The van der Waals surface area contributed by atoms with Gasteiger partial charge in [0.1, 0.15) is 5.58 Å². The van der Waals surface area contributed by atoms with Crippen LogP contribution in [0.25, 0.3) is 11.0 Å². The lowest BCUT2D eigenvalue weighted by Gasteiger charge is -2.04. The summed E-state index contributed by atoms with van der Waals surface area (Å²) in [5.74, 6) is 0.245. The van der Waals surface area contributed by atoms with Crippen LogP contribution in [-0.2, 0) is 0 Å². The smallest absolute Gasteiger partial charge is 0.230 e. The van der Waals surface area contributed by atoms with Crippen molar-refractivity contribution in [2.45, 2.75) is 6.92 Å². The van der Waals surface area contributed by atoms with Gasteiger partial charge >= 0.3 is 0 Å². The molecule has 1 aromatic heterocycles. The number of carbonyl (C=O) groups excluding carboxylic acids is 1. The molecule has 0 amide bonds. The van der Waals surface area contributed by atoms with Gasteiger partial charge in [-0.25, -0.2) is 0 Å². The molecule has 3 rings (SSSR count). The van der Waals surface area contributed by atoms with Crippen LogP contribution in [0.15, 0.2) is 57.4 Å². The maximum atomic E-state index is 12.7. The van der Waals surface area contributed by atoms with Crippen molar-refractivity contribution < 1.29 is 9.21 Å². The van der Waals surface area contributed by atoms with Gasteiger partial charge in [0.05, 0.1) is 5.69 Å². The highest BCUT2D eigenvalue weighted by Gasteiger charge is 2.21. The van der Waals surface area contributed by atoms with Gasteiger partial charge in [-0.1, -0.05) is 28.1 Å². The summed E-state index contributed by atoms with van der Waals surface area (Å²) in [6.07, 6.45) is 0. The van der Waals surface area contributed by atoms with Crippen molar-refractivity contribution in [1.29, 1.82) is 0 Å². The fraction of sp³-hybridized carbons (Fsp3) is 0.118. The Morgan fingerprint density at radius 1 is 1.14 bits per heavy atom. The van der Waals surface area contributed by atoms with E-state index in [2.05, 4.69) is 21.2 Å². The molecule has 0 aliphatic heterocycles. The normalized spacial score (nSPS) is 10.8. The first kappa shape index (κ1) is 13.9. The topological polar surface area (TPSA) is 42.2 Å². The summed E-state index contributed by atoms with van der Waals surface area (Å²) in [6, 6.07) is 14.9. The molecule has 0 spiro atoms. The average Bonchev–Trinajstić information content (AvgIpc) is 2.87. The predicted molar refractivity (Wildman–Crippen MR) is 88.0 cm³/mol. The summed E-state index contributed by atoms with van der Waals surface area (Å²) in [7, 11) is 0. The molecule has 0 bridgehead atoms. The fourth-order valence-electron chi connectivity index (χ4n) is 2.29. The zero-order chi connectivity index (χ0) is 14.8. The third-order valence-electron chi connectivity index (χ3n) is 3.26. The van der Waals surface area contributed by atoms with E-state index in [9.17, 15) is 4.79 Å². The molecule has 4 heteroatoms. The van der Waals surface area contributed by atoms with E-state index in [0.29, 0.717) is 16.9 Å². The van der Waals surface area contributed by atoms with E-state index in [0.717, 1.165) is 22.1 Å². The number of rotatable bonds is 4. The number of ketones is 1. The van der Waals surface area contributed by atoms with E-state index >= 15 is 0 Å². The van der Waals surface area contributed by atoms with Crippen LogP contribution in [0.3, 0.4) is 0 Å². The molecule has 0 aliphatic rings. The first-order valence-corrected chi connectivity index (χ1v) is 7.55. The first-order valence-electron chi connectivity index (χ1n) is 6.76. The van der Waals surface area contributed by atoms with Crippen molar-refractivity contribution in [2.75, 3.05) is 11.9 Å². The van der Waals surface area contributed by atoms with Crippen LogP contribution < -0.4 is 5.32 Å². The Morgan fingerprint density at radius 2 is 1.86 bits per heavy atom. The SMILES string of the molecule is CCNc1c(C(=O)c2ccc(Br)cc2)oc2ccccc12. The van der Waals surface area contributed by atoms with Crippen LogP contribution in [0.4, 0.5) is 5.69 Å². The molecule has 0 saturated heterocycles. The highest BCUT2D eigenvalue weighted by atomic mass is 79.9.